The fraction of sp³-hybridized carbons (Fsp3) is 0.333. The van der Waals surface area contributed by atoms with Gasteiger partial charge >= 0.3 is 0 Å². The van der Waals surface area contributed by atoms with Crippen molar-refractivity contribution in [1.29, 1.82) is 0 Å². The van der Waals surface area contributed by atoms with E-state index in [1.165, 1.54) is 4.88 Å². The molecule has 0 radical (unpaired) electrons. The van der Waals surface area contributed by atoms with Crippen LogP contribution >= 0.6 is 11.3 Å². The Morgan fingerprint density at radius 1 is 1.35 bits per heavy atom. The van der Waals surface area contributed by atoms with Gasteiger partial charge in [0.05, 0.1) is 11.6 Å². The average molecular weight is 287 g/mol. The van der Waals surface area contributed by atoms with E-state index in [2.05, 4.69) is 17.2 Å². The second-order valence-electron chi connectivity index (χ2n) is 4.97. The Hall–Kier alpha value is -1.88. The Labute approximate surface area is 122 Å². The molecule has 1 amide bonds. The standard InChI is InChI=1S/C15H17N3OS/c1-11(14-9-16-10-20-14)17-12-4-6-13(7-5-12)18-8-2-3-15(18)19/h4-7,9-11,17H,2-3,8H2,1H3. The number of hydrogen-bond acceptors (Lipinski definition) is 4. The van der Waals surface area contributed by atoms with Gasteiger partial charge in [-0.05, 0) is 37.6 Å². The van der Waals surface area contributed by atoms with Crippen LogP contribution in [0.2, 0.25) is 0 Å². The zero-order valence-electron chi connectivity index (χ0n) is 11.4. The van der Waals surface area contributed by atoms with Gasteiger partial charge < -0.3 is 10.2 Å². The highest BCUT2D eigenvalue weighted by Crippen LogP contribution is 2.26. The van der Waals surface area contributed by atoms with Crippen LogP contribution in [0.25, 0.3) is 0 Å². The Morgan fingerprint density at radius 2 is 2.15 bits per heavy atom. The summed E-state index contributed by atoms with van der Waals surface area (Å²) in [4.78, 5) is 18.9. The summed E-state index contributed by atoms with van der Waals surface area (Å²) in [6.45, 7) is 2.95. The first-order valence-corrected chi connectivity index (χ1v) is 7.67. The van der Waals surface area contributed by atoms with Crippen molar-refractivity contribution < 1.29 is 4.79 Å². The number of anilines is 2. The normalized spacial score (nSPS) is 16.4. The maximum absolute atomic E-state index is 11.7. The molecule has 1 unspecified atom stereocenters. The molecule has 0 spiro atoms. The van der Waals surface area contributed by atoms with Crippen molar-refractivity contribution in [2.24, 2.45) is 0 Å². The number of carbonyl (C=O) groups excluding carboxylic acids is 1. The lowest BCUT2D eigenvalue weighted by atomic mass is 10.2. The van der Waals surface area contributed by atoms with Crippen LogP contribution in [-0.4, -0.2) is 17.4 Å². The topological polar surface area (TPSA) is 45.2 Å². The lowest BCUT2D eigenvalue weighted by Gasteiger charge is -2.17. The summed E-state index contributed by atoms with van der Waals surface area (Å²) in [6.07, 6.45) is 3.52. The zero-order valence-corrected chi connectivity index (χ0v) is 12.2. The lowest BCUT2D eigenvalue weighted by molar-refractivity contribution is -0.117. The van der Waals surface area contributed by atoms with Crippen molar-refractivity contribution in [1.82, 2.24) is 4.98 Å². The van der Waals surface area contributed by atoms with Crippen LogP contribution in [0.4, 0.5) is 11.4 Å². The van der Waals surface area contributed by atoms with Crippen LogP contribution in [0.15, 0.2) is 36.0 Å². The number of aromatic nitrogens is 1. The second-order valence-corrected chi connectivity index (χ2v) is 5.88. The third-order valence-corrected chi connectivity index (χ3v) is 4.47. The third-order valence-electron chi connectivity index (χ3n) is 3.51. The Bertz CT molecular complexity index is 580. The Balaban J connectivity index is 1.68. The van der Waals surface area contributed by atoms with Gasteiger partial charge in [-0.1, -0.05) is 0 Å². The molecule has 1 aromatic carbocycles. The van der Waals surface area contributed by atoms with E-state index in [0.717, 1.165) is 24.3 Å². The molecular formula is C15H17N3OS. The molecule has 0 saturated carbocycles. The third kappa shape index (κ3) is 2.67. The predicted octanol–water partition coefficient (Wildman–Crippen LogP) is 3.44. The number of thiazole rings is 1. The Morgan fingerprint density at radius 3 is 2.75 bits per heavy atom. The molecule has 1 fully saturated rings. The number of hydrogen-bond donors (Lipinski definition) is 1. The van der Waals surface area contributed by atoms with Crippen molar-refractivity contribution in [3.8, 4) is 0 Å². The average Bonchev–Trinajstić information content (AvgIpc) is 3.11. The highest BCUT2D eigenvalue weighted by molar-refractivity contribution is 7.09. The van der Waals surface area contributed by atoms with E-state index in [9.17, 15) is 4.79 Å². The molecule has 1 aromatic heterocycles. The molecule has 5 heteroatoms. The number of benzene rings is 1. The van der Waals surface area contributed by atoms with Gasteiger partial charge in [0.25, 0.3) is 0 Å². The number of amides is 1. The fourth-order valence-corrected chi connectivity index (χ4v) is 3.05. The second kappa shape index (κ2) is 5.63. The van der Waals surface area contributed by atoms with E-state index in [1.54, 1.807) is 11.3 Å². The molecule has 1 saturated heterocycles. The summed E-state index contributed by atoms with van der Waals surface area (Å²) < 4.78 is 0. The van der Waals surface area contributed by atoms with Gasteiger partial charge in [0, 0.05) is 35.4 Å². The molecular weight excluding hydrogens is 270 g/mol. The number of nitrogens with one attached hydrogen (secondary N) is 1. The molecule has 2 heterocycles. The van der Waals surface area contributed by atoms with Gasteiger partial charge in [0.2, 0.25) is 5.91 Å². The minimum atomic E-state index is 0.226. The highest BCUT2D eigenvalue weighted by atomic mass is 32.1. The summed E-state index contributed by atoms with van der Waals surface area (Å²) in [6, 6.07) is 8.30. The van der Waals surface area contributed by atoms with Crippen molar-refractivity contribution in [2.75, 3.05) is 16.8 Å². The van der Waals surface area contributed by atoms with Gasteiger partial charge in [-0.3, -0.25) is 9.78 Å². The number of carbonyl (C=O) groups is 1. The first-order chi connectivity index (χ1) is 9.74. The predicted molar refractivity (Wildman–Crippen MR) is 82.2 cm³/mol. The molecule has 4 nitrogen and oxygen atoms in total. The zero-order chi connectivity index (χ0) is 13.9. The van der Waals surface area contributed by atoms with E-state index >= 15 is 0 Å². The van der Waals surface area contributed by atoms with Crippen molar-refractivity contribution in [3.05, 3.63) is 40.8 Å². The van der Waals surface area contributed by atoms with Crippen LogP contribution in [-0.2, 0) is 4.79 Å². The molecule has 2 aromatic rings. The van der Waals surface area contributed by atoms with E-state index in [1.807, 2.05) is 40.9 Å². The molecule has 1 aliphatic rings. The lowest BCUT2D eigenvalue weighted by Crippen LogP contribution is -2.23. The van der Waals surface area contributed by atoms with E-state index < -0.39 is 0 Å². The number of rotatable bonds is 4. The molecule has 3 rings (SSSR count). The SMILES string of the molecule is CC(Nc1ccc(N2CCCC2=O)cc1)c1cncs1. The molecule has 104 valence electrons. The minimum Gasteiger partial charge on any atom is -0.378 e. The fourth-order valence-electron chi connectivity index (χ4n) is 2.42. The largest absolute Gasteiger partial charge is 0.378 e. The maximum atomic E-state index is 11.7. The van der Waals surface area contributed by atoms with Crippen LogP contribution in [0.1, 0.15) is 30.7 Å². The van der Waals surface area contributed by atoms with E-state index in [4.69, 9.17) is 0 Å². The number of nitrogens with zero attached hydrogens (tertiary/aromatic N) is 2. The minimum absolute atomic E-state index is 0.226. The summed E-state index contributed by atoms with van der Waals surface area (Å²) in [5.41, 5.74) is 3.89. The van der Waals surface area contributed by atoms with Gasteiger partial charge in [0.15, 0.2) is 0 Å². The van der Waals surface area contributed by atoms with Crippen molar-refractivity contribution in [2.45, 2.75) is 25.8 Å². The highest BCUT2D eigenvalue weighted by Gasteiger charge is 2.21. The molecule has 1 atom stereocenters. The smallest absolute Gasteiger partial charge is 0.227 e. The van der Waals surface area contributed by atoms with Gasteiger partial charge in [-0.15, -0.1) is 11.3 Å². The van der Waals surface area contributed by atoms with Gasteiger partial charge in [0.1, 0.15) is 0 Å². The maximum Gasteiger partial charge on any atom is 0.227 e. The quantitative estimate of drug-likeness (QED) is 0.937. The summed E-state index contributed by atoms with van der Waals surface area (Å²) in [5.74, 6) is 0.226. The van der Waals surface area contributed by atoms with Crippen LogP contribution in [0.5, 0.6) is 0 Å². The van der Waals surface area contributed by atoms with Crippen molar-refractivity contribution >= 4 is 28.6 Å². The van der Waals surface area contributed by atoms with Crippen LogP contribution in [0.3, 0.4) is 0 Å². The van der Waals surface area contributed by atoms with E-state index in [-0.39, 0.29) is 11.9 Å². The van der Waals surface area contributed by atoms with Crippen LogP contribution in [0, 0.1) is 0 Å². The molecule has 0 bridgehead atoms. The molecule has 1 aliphatic heterocycles. The monoisotopic (exact) mass is 287 g/mol. The molecule has 0 aliphatic carbocycles. The first kappa shape index (κ1) is 13.1. The molecule has 20 heavy (non-hydrogen) atoms. The molecule has 1 N–H and O–H groups in total. The Kier molecular flexibility index (Phi) is 3.69. The summed E-state index contributed by atoms with van der Waals surface area (Å²) >= 11 is 1.65. The summed E-state index contributed by atoms with van der Waals surface area (Å²) in [7, 11) is 0. The summed E-state index contributed by atoms with van der Waals surface area (Å²) in [5, 5.41) is 3.44. The van der Waals surface area contributed by atoms with Gasteiger partial charge in [-0.2, -0.15) is 0 Å². The van der Waals surface area contributed by atoms with Crippen LogP contribution < -0.4 is 10.2 Å². The first-order valence-electron chi connectivity index (χ1n) is 6.79. The van der Waals surface area contributed by atoms with E-state index in [0.29, 0.717) is 6.42 Å². The van der Waals surface area contributed by atoms with Crippen molar-refractivity contribution in [3.63, 3.8) is 0 Å². The van der Waals surface area contributed by atoms with Gasteiger partial charge in [-0.25, -0.2) is 0 Å².